The Kier molecular flexibility index (Phi) is 13.1. The molecule has 0 aliphatic carbocycles. The number of hydrogen-bond donors (Lipinski definition) is 4. The van der Waals surface area contributed by atoms with Crippen LogP contribution in [0, 0.1) is 11.8 Å². The van der Waals surface area contributed by atoms with E-state index in [0.717, 1.165) is 61.9 Å². The molecule has 8 rings (SSSR count). The van der Waals surface area contributed by atoms with Gasteiger partial charge in [-0.2, -0.15) is 0 Å². The number of amides is 4. The minimum Gasteiger partial charge on any atom is -0.488 e. The van der Waals surface area contributed by atoms with Crippen LogP contribution in [0.15, 0.2) is 79.0 Å². The van der Waals surface area contributed by atoms with Crippen LogP contribution in [0.3, 0.4) is 0 Å². The molecule has 340 valence electrons. The Morgan fingerprint density at radius 2 is 1.69 bits per heavy atom. The molecule has 2 aromatic heterocycles. The average molecular weight is 885 g/mol. The van der Waals surface area contributed by atoms with E-state index in [1.165, 1.54) is 14.2 Å². The van der Waals surface area contributed by atoms with E-state index in [1.54, 1.807) is 23.1 Å². The van der Waals surface area contributed by atoms with Crippen LogP contribution < -0.4 is 15.4 Å². The van der Waals surface area contributed by atoms with Gasteiger partial charge in [-0.3, -0.25) is 9.59 Å². The number of aromatic amines is 2. The van der Waals surface area contributed by atoms with Crippen molar-refractivity contribution in [3.8, 4) is 28.1 Å². The second-order valence-electron chi connectivity index (χ2n) is 17.1. The second-order valence-corrected chi connectivity index (χ2v) is 17.1. The van der Waals surface area contributed by atoms with E-state index < -0.39 is 30.3 Å². The molecule has 0 spiro atoms. The van der Waals surface area contributed by atoms with Crippen LogP contribution in [0.4, 0.5) is 9.59 Å². The first-order chi connectivity index (χ1) is 31.4. The highest BCUT2D eigenvalue weighted by atomic mass is 16.5. The van der Waals surface area contributed by atoms with Crippen LogP contribution in [-0.4, -0.2) is 101 Å². The molecule has 16 heteroatoms. The molecular formula is C49H56N8O8. The average Bonchev–Trinajstić information content (AvgIpc) is 4.10. The number of carbonyl (C=O) groups is 4. The molecule has 2 aliphatic heterocycles. The van der Waals surface area contributed by atoms with Crippen molar-refractivity contribution in [1.29, 1.82) is 0 Å². The fourth-order valence-electron chi connectivity index (χ4n) is 9.15. The predicted octanol–water partition coefficient (Wildman–Crippen LogP) is 7.98. The molecule has 4 amide bonds. The van der Waals surface area contributed by atoms with Crippen molar-refractivity contribution in [2.45, 2.75) is 71.3 Å². The van der Waals surface area contributed by atoms with Crippen molar-refractivity contribution in [1.82, 2.24) is 40.4 Å². The standard InChI is InChI=1S/C49H56N8O8/c1-8-18-56(46(58)41(27(2)3)54-48(60)63-6)28(4)44-50-23-38(52-44)32-14-16-34-33(20-32)26-65-40-22-35-31(21-36(34)40)15-17-37-43(35)53-45(51-37)39-19-29(25-62-5)24-57(39)47(59)42(55-49(61)64-7)30-12-10-9-11-13-30/h9-17,20-23,27-29,39,41-42H,8,18-19,24-26H2,1-7H3,(H,50,52)(H,51,53)(H,54,60)(H,55,61)/t28-,29+,39-,41-,42+/m0/s1. The van der Waals surface area contributed by atoms with E-state index in [0.29, 0.717) is 49.9 Å². The lowest BCUT2D eigenvalue weighted by molar-refractivity contribution is -0.137. The smallest absolute Gasteiger partial charge is 0.407 e. The van der Waals surface area contributed by atoms with Crippen molar-refractivity contribution in [2.24, 2.45) is 11.8 Å². The summed E-state index contributed by atoms with van der Waals surface area (Å²) in [4.78, 5) is 73.2. The van der Waals surface area contributed by atoms with E-state index in [1.807, 2.05) is 70.2 Å². The molecule has 6 aromatic rings. The van der Waals surface area contributed by atoms with Gasteiger partial charge < -0.3 is 49.3 Å². The number of nitrogens with zero attached hydrogens (tertiary/aromatic N) is 4. The number of aromatic nitrogens is 4. The van der Waals surface area contributed by atoms with E-state index in [9.17, 15) is 19.2 Å². The van der Waals surface area contributed by atoms with Crippen LogP contribution in [0.1, 0.15) is 81.4 Å². The van der Waals surface area contributed by atoms with Gasteiger partial charge in [0.1, 0.15) is 36.1 Å². The minimum absolute atomic E-state index is 0.0565. The fraction of sp³-hybridized carbons (Fsp3) is 0.388. The van der Waals surface area contributed by atoms with Gasteiger partial charge in [0.05, 0.1) is 55.8 Å². The maximum absolute atomic E-state index is 14.4. The molecule has 1 fully saturated rings. The maximum Gasteiger partial charge on any atom is 0.407 e. The molecule has 16 nitrogen and oxygen atoms in total. The van der Waals surface area contributed by atoms with Gasteiger partial charge >= 0.3 is 12.2 Å². The summed E-state index contributed by atoms with van der Waals surface area (Å²) >= 11 is 0. The Balaban J connectivity index is 1.06. The van der Waals surface area contributed by atoms with Gasteiger partial charge in [-0.15, -0.1) is 0 Å². The number of nitrogens with one attached hydrogen (secondary N) is 4. The fourth-order valence-corrected chi connectivity index (χ4v) is 9.15. The van der Waals surface area contributed by atoms with Crippen LogP contribution in [0.5, 0.6) is 5.75 Å². The summed E-state index contributed by atoms with van der Waals surface area (Å²) in [5.74, 6) is 1.47. The van der Waals surface area contributed by atoms with Gasteiger partial charge in [0.15, 0.2) is 0 Å². The SMILES string of the molecule is CCCN(C(=O)[C@@H](NC(=O)OC)C(C)C)[C@@H](C)c1ncc(-c2ccc3c(c2)COc2cc4c(ccc5[nH]c([C@@H]6C[C@@H](COC)CN6C(=O)[C@H](NC(=O)OC)c6ccccc6)nc54)cc2-3)[nH]1. The van der Waals surface area contributed by atoms with Crippen molar-refractivity contribution in [3.05, 3.63) is 102 Å². The number of ether oxygens (including phenoxy) is 4. The van der Waals surface area contributed by atoms with Gasteiger partial charge in [0.2, 0.25) is 5.91 Å². The first-order valence-corrected chi connectivity index (χ1v) is 22.0. The highest BCUT2D eigenvalue weighted by molar-refractivity contribution is 6.07. The van der Waals surface area contributed by atoms with Gasteiger partial charge in [-0.1, -0.05) is 69.3 Å². The highest BCUT2D eigenvalue weighted by Crippen LogP contribution is 2.44. The lowest BCUT2D eigenvalue weighted by Gasteiger charge is -2.33. The topological polar surface area (TPSA) is 193 Å². The Bertz CT molecular complexity index is 2710. The molecule has 4 heterocycles. The monoisotopic (exact) mass is 884 g/mol. The maximum atomic E-state index is 14.4. The van der Waals surface area contributed by atoms with Gasteiger partial charge in [-0.05, 0) is 77.6 Å². The number of carbonyl (C=O) groups excluding carboxylic acids is 4. The van der Waals surface area contributed by atoms with E-state index in [4.69, 9.17) is 28.9 Å². The third-order valence-electron chi connectivity index (χ3n) is 12.5. The summed E-state index contributed by atoms with van der Waals surface area (Å²) in [7, 11) is 4.21. The number of likely N-dealkylation sites (tertiary alicyclic amines) is 1. The normalized spacial score (nSPS) is 16.9. The van der Waals surface area contributed by atoms with Crippen LogP contribution in [0.25, 0.3) is 44.2 Å². The Morgan fingerprint density at radius 3 is 2.42 bits per heavy atom. The third kappa shape index (κ3) is 8.95. The van der Waals surface area contributed by atoms with Crippen molar-refractivity contribution >= 4 is 45.8 Å². The van der Waals surface area contributed by atoms with E-state index in [-0.39, 0.29) is 29.7 Å². The number of hydrogen-bond acceptors (Lipinski definition) is 10. The number of alkyl carbamates (subject to hydrolysis) is 2. The number of benzene rings is 4. The summed E-state index contributed by atoms with van der Waals surface area (Å²) in [5.41, 5.74) is 7.02. The Hall–Kier alpha value is -6.94. The zero-order valence-electron chi connectivity index (χ0n) is 37.8. The lowest BCUT2D eigenvalue weighted by Crippen LogP contribution is -2.52. The number of fused-ring (bicyclic) bond motifs is 6. The van der Waals surface area contributed by atoms with Crippen LogP contribution >= 0.6 is 0 Å². The zero-order valence-corrected chi connectivity index (χ0v) is 37.8. The van der Waals surface area contributed by atoms with E-state index >= 15 is 0 Å². The zero-order chi connectivity index (χ0) is 45.9. The lowest BCUT2D eigenvalue weighted by atomic mass is 9.92. The second kappa shape index (κ2) is 19.0. The first kappa shape index (κ1) is 44.7. The number of imidazole rings is 2. The molecule has 0 unspecified atom stereocenters. The largest absolute Gasteiger partial charge is 0.488 e. The number of rotatable bonds is 14. The molecule has 2 aliphatic rings. The van der Waals surface area contributed by atoms with E-state index in [2.05, 4.69) is 50.9 Å². The summed E-state index contributed by atoms with van der Waals surface area (Å²) in [6.45, 7) is 9.46. The molecule has 4 N–H and O–H groups in total. The minimum atomic E-state index is -0.957. The summed E-state index contributed by atoms with van der Waals surface area (Å²) in [6.07, 6.45) is 1.79. The van der Waals surface area contributed by atoms with Crippen molar-refractivity contribution in [3.63, 3.8) is 0 Å². The third-order valence-corrected chi connectivity index (χ3v) is 12.5. The van der Waals surface area contributed by atoms with Crippen LogP contribution in [0.2, 0.25) is 0 Å². The highest BCUT2D eigenvalue weighted by Gasteiger charge is 2.41. The Labute approximate surface area is 377 Å². The Morgan fingerprint density at radius 1 is 0.923 bits per heavy atom. The molecule has 1 saturated heterocycles. The summed E-state index contributed by atoms with van der Waals surface area (Å²) < 4.78 is 21.7. The number of H-pyrrole nitrogens is 2. The first-order valence-electron chi connectivity index (χ1n) is 22.0. The van der Waals surface area contributed by atoms with Gasteiger partial charge in [-0.25, -0.2) is 19.6 Å². The van der Waals surface area contributed by atoms with Gasteiger partial charge in [0.25, 0.3) is 5.91 Å². The van der Waals surface area contributed by atoms with Crippen molar-refractivity contribution < 1.29 is 38.1 Å². The molecule has 5 atom stereocenters. The molecule has 4 aromatic carbocycles. The molecule has 0 saturated carbocycles. The molecule has 0 radical (unpaired) electrons. The number of methoxy groups -OCH3 is 3. The quantitative estimate of drug-likeness (QED) is 0.0834. The molecule has 65 heavy (non-hydrogen) atoms. The van der Waals surface area contributed by atoms with Crippen molar-refractivity contribution in [2.75, 3.05) is 41.0 Å². The summed E-state index contributed by atoms with van der Waals surface area (Å²) in [6, 6.07) is 21.2. The van der Waals surface area contributed by atoms with Gasteiger partial charge in [0, 0.05) is 37.1 Å². The van der Waals surface area contributed by atoms with Crippen LogP contribution in [-0.2, 0) is 30.4 Å². The molecular weight excluding hydrogens is 829 g/mol. The summed E-state index contributed by atoms with van der Waals surface area (Å²) in [5, 5.41) is 7.35. The predicted molar refractivity (Wildman–Crippen MR) is 245 cm³/mol. The molecule has 0 bridgehead atoms.